The van der Waals surface area contributed by atoms with E-state index in [-0.39, 0.29) is 16.8 Å². The minimum Gasteiger partial charge on any atom is -0.496 e. The molecule has 0 aliphatic carbocycles. The molecule has 5 rings (SSSR count). The fraction of sp³-hybridized carbons (Fsp3) is 0.300. The molecule has 1 fully saturated rings. The molecule has 1 amide bonds. The molecular formula is C30H34N6O4S. The van der Waals surface area contributed by atoms with Crippen LogP contribution in [0.25, 0.3) is 22.0 Å². The summed E-state index contributed by atoms with van der Waals surface area (Å²) in [6.07, 6.45) is 0. The molecule has 1 aliphatic rings. The average Bonchev–Trinajstić information content (AvgIpc) is 2.96. The Morgan fingerprint density at radius 1 is 0.976 bits per heavy atom. The van der Waals surface area contributed by atoms with Gasteiger partial charge in [-0.2, -0.15) is 4.98 Å². The highest BCUT2D eigenvalue weighted by Gasteiger charge is 2.24. The van der Waals surface area contributed by atoms with Crippen molar-refractivity contribution in [3.63, 3.8) is 0 Å². The van der Waals surface area contributed by atoms with E-state index in [0.29, 0.717) is 41.2 Å². The fourth-order valence-electron chi connectivity index (χ4n) is 5.09. The van der Waals surface area contributed by atoms with Crippen LogP contribution in [0.2, 0.25) is 0 Å². The van der Waals surface area contributed by atoms with E-state index in [9.17, 15) is 13.2 Å². The fourth-order valence-corrected chi connectivity index (χ4v) is 6.30. The normalized spacial score (nSPS) is 14.0. The van der Waals surface area contributed by atoms with Gasteiger partial charge in [-0.3, -0.25) is 4.79 Å². The van der Waals surface area contributed by atoms with Gasteiger partial charge < -0.3 is 25.6 Å². The van der Waals surface area contributed by atoms with Gasteiger partial charge in [0.1, 0.15) is 11.6 Å². The Balaban J connectivity index is 1.59. The van der Waals surface area contributed by atoms with Gasteiger partial charge in [-0.1, -0.05) is 24.3 Å². The van der Waals surface area contributed by atoms with Crippen molar-refractivity contribution in [3.8, 4) is 16.9 Å². The first-order chi connectivity index (χ1) is 19.6. The number of hydrogen-bond donors (Lipinski definition) is 2. The van der Waals surface area contributed by atoms with Crippen LogP contribution in [0.1, 0.15) is 20.8 Å². The summed E-state index contributed by atoms with van der Waals surface area (Å²) in [5.74, 6) is 1.20. The van der Waals surface area contributed by atoms with Crippen molar-refractivity contribution in [2.45, 2.75) is 30.9 Å². The Morgan fingerprint density at radius 2 is 1.71 bits per heavy atom. The number of carbonyl (C=O) groups excluding carboxylic acids is 1. The number of nitrogens with two attached hydrogens (primary N) is 1. The summed E-state index contributed by atoms with van der Waals surface area (Å²) in [5, 5.41) is 3.33. The van der Waals surface area contributed by atoms with Crippen molar-refractivity contribution in [2.24, 2.45) is 0 Å². The number of anilines is 4. The van der Waals surface area contributed by atoms with Crippen molar-refractivity contribution in [1.82, 2.24) is 14.9 Å². The maximum atomic E-state index is 13.1. The van der Waals surface area contributed by atoms with Gasteiger partial charge in [-0.15, -0.1) is 0 Å². The molecule has 3 N–H and O–H groups in total. The molecule has 0 saturated carbocycles. The SMILES string of the molecule is COc1cc(N2CCN(C(C)=O)CC2)ccc1-c1cccc2nc(N)nc(Nc3ccccc3S(=O)(=O)C(C)C)c12. The lowest BCUT2D eigenvalue weighted by molar-refractivity contribution is -0.129. The van der Waals surface area contributed by atoms with Crippen LogP contribution in [-0.2, 0) is 14.6 Å². The van der Waals surface area contributed by atoms with E-state index in [0.717, 1.165) is 29.9 Å². The number of hydrogen-bond acceptors (Lipinski definition) is 9. The number of carbonyl (C=O) groups is 1. The molecule has 11 heteroatoms. The van der Waals surface area contributed by atoms with Crippen LogP contribution >= 0.6 is 0 Å². The van der Waals surface area contributed by atoms with Gasteiger partial charge in [0.15, 0.2) is 9.84 Å². The number of benzene rings is 3. The lowest BCUT2D eigenvalue weighted by atomic mass is 9.99. The monoisotopic (exact) mass is 574 g/mol. The quantitative estimate of drug-likeness (QED) is 0.328. The number of nitrogens with zero attached hydrogens (tertiary/aromatic N) is 4. The third-order valence-electron chi connectivity index (χ3n) is 7.37. The van der Waals surface area contributed by atoms with E-state index in [4.69, 9.17) is 10.5 Å². The first-order valence-electron chi connectivity index (χ1n) is 13.4. The van der Waals surface area contributed by atoms with Crippen molar-refractivity contribution < 1.29 is 17.9 Å². The molecule has 1 aromatic heterocycles. The second-order valence-electron chi connectivity index (χ2n) is 10.2. The molecule has 0 radical (unpaired) electrons. The number of methoxy groups -OCH3 is 1. The zero-order chi connectivity index (χ0) is 29.3. The van der Waals surface area contributed by atoms with Crippen molar-refractivity contribution in [2.75, 3.05) is 49.2 Å². The molecule has 3 aromatic carbocycles. The molecular weight excluding hydrogens is 540 g/mol. The number of rotatable bonds is 7. The number of fused-ring (bicyclic) bond motifs is 1. The summed E-state index contributed by atoms with van der Waals surface area (Å²) in [7, 11) is -1.94. The van der Waals surface area contributed by atoms with E-state index in [1.807, 2.05) is 41.3 Å². The van der Waals surface area contributed by atoms with E-state index < -0.39 is 15.1 Å². The highest BCUT2D eigenvalue weighted by atomic mass is 32.2. The summed E-state index contributed by atoms with van der Waals surface area (Å²) in [4.78, 5) is 25.0. The molecule has 0 unspecified atom stereocenters. The number of piperazine rings is 1. The molecule has 2 heterocycles. The Labute approximate surface area is 240 Å². The van der Waals surface area contributed by atoms with Gasteiger partial charge in [0, 0.05) is 50.4 Å². The zero-order valence-electron chi connectivity index (χ0n) is 23.6. The van der Waals surface area contributed by atoms with Crippen molar-refractivity contribution in [1.29, 1.82) is 0 Å². The van der Waals surface area contributed by atoms with E-state index in [1.54, 1.807) is 52.1 Å². The van der Waals surface area contributed by atoms with Crippen molar-refractivity contribution >= 4 is 49.8 Å². The molecule has 4 aromatic rings. The number of para-hydroxylation sites is 1. The van der Waals surface area contributed by atoms with Gasteiger partial charge in [0.05, 0.1) is 33.8 Å². The van der Waals surface area contributed by atoms with Crippen LogP contribution in [0.15, 0.2) is 65.6 Å². The Hall–Kier alpha value is -4.38. The number of aromatic nitrogens is 2. The number of ether oxygens (including phenoxy) is 1. The van der Waals surface area contributed by atoms with Crippen LogP contribution in [0.3, 0.4) is 0 Å². The highest BCUT2D eigenvalue weighted by molar-refractivity contribution is 7.92. The minimum absolute atomic E-state index is 0.0633. The molecule has 0 atom stereocenters. The Kier molecular flexibility index (Phi) is 7.72. The van der Waals surface area contributed by atoms with Crippen LogP contribution in [0, 0.1) is 0 Å². The minimum atomic E-state index is -3.57. The molecule has 214 valence electrons. The van der Waals surface area contributed by atoms with E-state index in [2.05, 4.69) is 20.2 Å². The summed E-state index contributed by atoms with van der Waals surface area (Å²) in [5.41, 5.74) is 9.73. The van der Waals surface area contributed by atoms with Crippen molar-refractivity contribution in [3.05, 3.63) is 60.7 Å². The number of sulfone groups is 1. The standard InChI is InChI=1S/C30H34N6O4S/c1-19(2)41(38,39)27-11-6-5-9-24(27)32-29-28-23(8-7-10-25(28)33-30(31)34-29)22-13-12-21(18-26(22)40-4)36-16-14-35(15-17-36)20(3)37/h5-13,18-19H,14-17H2,1-4H3,(H3,31,32,33,34). The molecule has 1 aliphatic heterocycles. The third kappa shape index (κ3) is 5.49. The Bertz CT molecular complexity index is 1720. The van der Waals surface area contributed by atoms with Gasteiger partial charge in [-0.05, 0) is 49.7 Å². The van der Waals surface area contributed by atoms with Crippen LogP contribution in [0.5, 0.6) is 5.75 Å². The first-order valence-corrected chi connectivity index (χ1v) is 15.0. The largest absolute Gasteiger partial charge is 0.496 e. The Morgan fingerprint density at radius 3 is 2.39 bits per heavy atom. The lowest BCUT2D eigenvalue weighted by Gasteiger charge is -2.35. The predicted octanol–water partition coefficient (Wildman–Crippen LogP) is 4.48. The summed E-state index contributed by atoms with van der Waals surface area (Å²) >= 11 is 0. The summed E-state index contributed by atoms with van der Waals surface area (Å²) in [6, 6.07) is 18.5. The third-order valence-corrected chi connectivity index (χ3v) is 9.58. The van der Waals surface area contributed by atoms with Crippen LogP contribution in [-0.4, -0.2) is 67.7 Å². The summed E-state index contributed by atoms with van der Waals surface area (Å²) < 4.78 is 32.1. The molecule has 10 nitrogen and oxygen atoms in total. The topological polar surface area (TPSA) is 131 Å². The van der Waals surface area contributed by atoms with Gasteiger partial charge >= 0.3 is 0 Å². The second kappa shape index (κ2) is 11.2. The number of amides is 1. The van der Waals surface area contributed by atoms with Gasteiger partial charge in [-0.25, -0.2) is 13.4 Å². The first kappa shape index (κ1) is 28.2. The zero-order valence-corrected chi connectivity index (χ0v) is 24.4. The molecule has 0 bridgehead atoms. The number of nitrogens with one attached hydrogen (secondary N) is 1. The predicted molar refractivity (Wildman–Crippen MR) is 162 cm³/mol. The van der Waals surface area contributed by atoms with Gasteiger partial charge in [0.2, 0.25) is 11.9 Å². The second-order valence-corrected chi connectivity index (χ2v) is 12.7. The molecule has 1 saturated heterocycles. The average molecular weight is 575 g/mol. The lowest BCUT2D eigenvalue weighted by Crippen LogP contribution is -2.48. The highest BCUT2D eigenvalue weighted by Crippen LogP contribution is 2.41. The van der Waals surface area contributed by atoms with Gasteiger partial charge in [0.25, 0.3) is 0 Å². The van der Waals surface area contributed by atoms with Crippen LogP contribution < -0.4 is 20.7 Å². The summed E-state index contributed by atoms with van der Waals surface area (Å²) in [6.45, 7) is 7.71. The smallest absolute Gasteiger partial charge is 0.222 e. The molecule has 41 heavy (non-hydrogen) atoms. The molecule has 0 spiro atoms. The van der Waals surface area contributed by atoms with E-state index >= 15 is 0 Å². The maximum Gasteiger partial charge on any atom is 0.222 e. The van der Waals surface area contributed by atoms with Crippen LogP contribution in [0.4, 0.5) is 23.1 Å². The number of nitrogen functional groups attached to an aromatic ring is 1. The maximum absolute atomic E-state index is 13.1. The van der Waals surface area contributed by atoms with E-state index in [1.165, 1.54) is 0 Å².